The van der Waals surface area contributed by atoms with Crippen LogP contribution in [0.15, 0.2) is 0 Å². The van der Waals surface area contributed by atoms with Crippen molar-refractivity contribution in [1.82, 2.24) is 20.1 Å². The molecule has 2 rings (SSSR count). The second-order valence-electron chi connectivity index (χ2n) is 3.23. The number of nitrogens with one attached hydrogen (secondary N) is 1. The zero-order valence-corrected chi connectivity index (χ0v) is 8.15. The smallest absolute Gasteiger partial charge is 0.324 e. The van der Waals surface area contributed by atoms with Gasteiger partial charge in [0.05, 0.1) is 20.2 Å². The number of aryl methyl sites for hydroxylation is 1. The number of nitrogens with zero attached hydrogens (tertiary/aromatic N) is 3. The van der Waals surface area contributed by atoms with Crippen LogP contribution in [-0.2, 0) is 22.6 Å². The van der Waals surface area contributed by atoms with Crippen molar-refractivity contribution in [2.24, 2.45) is 0 Å². The molecule has 0 aromatic carbocycles. The van der Waals surface area contributed by atoms with Gasteiger partial charge >= 0.3 is 5.97 Å². The lowest BCUT2D eigenvalue weighted by Gasteiger charge is -2.23. The fourth-order valence-corrected chi connectivity index (χ4v) is 1.55. The van der Waals surface area contributed by atoms with Crippen LogP contribution in [0, 0.1) is 6.92 Å². The summed E-state index contributed by atoms with van der Waals surface area (Å²) in [5.41, 5.74) is 0. The molecule has 0 spiro atoms. The molecular weight excluding hydrogens is 184 g/mol. The van der Waals surface area contributed by atoms with E-state index in [9.17, 15) is 4.79 Å². The van der Waals surface area contributed by atoms with E-state index in [1.807, 2.05) is 11.5 Å². The number of carbonyl (C=O) groups is 1. The minimum Gasteiger partial charge on any atom is -0.468 e. The van der Waals surface area contributed by atoms with E-state index in [2.05, 4.69) is 20.3 Å². The molecule has 1 aromatic heterocycles. The minimum atomic E-state index is -0.290. The first-order chi connectivity index (χ1) is 6.72. The topological polar surface area (TPSA) is 69.0 Å². The summed E-state index contributed by atoms with van der Waals surface area (Å²) < 4.78 is 6.59. The van der Waals surface area contributed by atoms with E-state index in [0.717, 1.165) is 11.6 Å². The standard InChI is InChI=1S/C8H12N4O2/c1-5-10-11-7-3-9-6(4-12(5)7)8(13)14-2/h6,9H,3-4H2,1-2H3. The van der Waals surface area contributed by atoms with Gasteiger partial charge in [0, 0.05) is 0 Å². The number of rotatable bonds is 1. The van der Waals surface area contributed by atoms with Gasteiger partial charge in [-0.15, -0.1) is 10.2 Å². The predicted octanol–water partition coefficient (Wildman–Crippen LogP) is -0.769. The third-order valence-corrected chi connectivity index (χ3v) is 2.37. The van der Waals surface area contributed by atoms with Crippen molar-refractivity contribution in [3.8, 4) is 0 Å². The molecule has 1 aromatic rings. The third-order valence-electron chi connectivity index (χ3n) is 2.37. The van der Waals surface area contributed by atoms with Crippen molar-refractivity contribution in [2.45, 2.75) is 26.1 Å². The van der Waals surface area contributed by atoms with Gasteiger partial charge < -0.3 is 9.30 Å². The minimum absolute atomic E-state index is 0.247. The largest absolute Gasteiger partial charge is 0.468 e. The molecule has 0 bridgehead atoms. The average molecular weight is 196 g/mol. The number of esters is 1. The lowest BCUT2D eigenvalue weighted by atomic mass is 10.2. The van der Waals surface area contributed by atoms with Gasteiger partial charge in [0.2, 0.25) is 0 Å². The lowest BCUT2D eigenvalue weighted by molar-refractivity contribution is -0.143. The van der Waals surface area contributed by atoms with Gasteiger partial charge in [-0.2, -0.15) is 0 Å². The van der Waals surface area contributed by atoms with Crippen LogP contribution in [-0.4, -0.2) is 33.9 Å². The second-order valence-corrected chi connectivity index (χ2v) is 3.23. The maximum absolute atomic E-state index is 11.3. The molecule has 0 saturated heterocycles. The Morgan fingerprint density at radius 2 is 2.43 bits per heavy atom. The highest BCUT2D eigenvalue weighted by Crippen LogP contribution is 2.09. The van der Waals surface area contributed by atoms with Crippen LogP contribution in [0.1, 0.15) is 11.6 Å². The van der Waals surface area contributed by atoms with Gasteiger partial charge in [-0.25, -0.2) is 0 Å². The molecule has 1 aliphatic heterocycles. The molecule has 1 atom stereocenters. The highest BCUT2D eigenvalue weighted by molar-refractivity contribution is 5.75. The molecule has 76 valence electrons. The number of methoxy groups -OCH3 is 1. The van der Waals surface area contributed by atoms with Crippen molar-refractivity contribution in [1.29, 1.82) is 0 Å². The summed E-state index contributed by atoms with van der Waals surface area (Å²) in [6.07, 6.45) is 0. The molecule has 14 heavy (non-hydrogen) atoms. The van der Waals surface area contributed by atoms with Crippen LogP contribution in [0.3, 0.4) is 0 Å². The van der Waals surface area contributed by atoms with Gasteiger partial charge in [-0.3, -0.25) is 10.1 Å². The maximum atomic E-state index is 11.3. The first kappa shape index (κ1) is 9.14. The summed E-state index contributed by atoms with van der Waals surface area (Å²) >= 11 is 0. The molecule has 1 unspecified atom stereocenters. The molecule has 0 radical (unpaired) electrons. The molecular formula is C8H12N4O2. The van der Waals surface area contributed by atoms with Crippen LogP contribution in [0.25, 0.3) is 0 Å². The van der Waals surface area contributed by atoms with E-state index in [0.29, 0.717) is 13.1 Å². The van der Waals surface area contributed by atoms with Crippen molar-refractivity contribution in [2.75, 3.05) is 7.11 Å². The van der Waals surface area contributed by atoms with Crippen molar-refractivity contribution < 1.29 is 9.53 Å². The van der Waals surface area contributed by atoms with Gasteiger partial charge in [0.25, 0.3) is 0 Å². The predicted molar refractivity (Wildman–Crippen MR) is 47.4 cm³/mol. The zero-order chi connectivity index (χ0) is 10.1. The summed E-state index contributed by atoms with van der Waals surface area (Å²) in [5, 5.41) is 11.0. The Bertz CT molecular complexity index is 360. The van der Waals surface area contributed by atoms with Gasteiger partial charge in [0.1, 0.15) is 17.7 Å². The number of hydrogen-bond donors (Lipinski definition) is 1. The van der Waals surface area contributed by atoms with Crippen LogP contribution in [0.2, 0.25) is 0 Å². The van der Waals surface area contributed by atoms with Gasteiger partial charge in [-0.05, 0) is 6.92 Å². The van der Waals surface area contributed by atoms with Crippen molar-refractivity contribution >= 4 is 5.97 Å². The first-order valence-electron chi connectivity index (χ1n) is 4.42. The Kier molecular flexibility index (Phi) is 2.20. The molecule has 0 fully saturated rings. The van der Waals surface area contributed by atoms with Crippen LogP contribution >= 0.6 is 0 Å². The van der Waals surface area contributed by atoms with E-state index in [4.69, 9.17) is 0 Å². The number of ether oxygens (including phenoxy) is 1. The number of aromatic nitrogens is 3. The van der Waals surface area contributed by atoms with Gasteiger partial charge in [-0.1, -0.05) is 0 Å². The SMILES string of the molecule is COC(=O)C1Cn2c(C)nnc2CN1. The third kappa shape index (κ3) is 1.37. The van der Waals surface area contributed by atoms with Gasteiger partial charge in [0.15, 0.2) is 0 Å². The van der Waals surface area contributed by atoms with Crippen LogP contribution < -0.4 is 5.32 Å². The number of fused-ring (bicyclic) bond motifs is 1. The summed E-state index contributed by atoms with van der Waals surface area (Å²) in [6, 6.07) is -0.290. The Morgan fingerprint density at radius 1 is 1.64 bits per heavy atom. The molecule has 0 amide bonds. The normalized spacial score (nSPS) is 20.3. The molecule has 1 N–H and O–H groups in total. The second kappa shape index (κ2) is 3.38. The Hall–Kier alpha value is -1.43. The molecule has 2 heterocycles. The van der Waals surface area contributed by atoms with E-state index < -0.39 is 0 Å². The van der Waals surface area contributed by atoms with E-state index in [-0.39, 0.29) is 12.0 Å². The molecule has 0 aliphatic carbocycles. The molecule has 0 saturated carbocycles. The van der Waals surface area contributed by atoms with Crippen LogP contribution in [0.4, 0.5) is 0 Å². The Morgan fingerprint density at radius 3 is 3.14 bits per heavy atom. The molecule has 1 aliphatic rings. The summed E-state index contributed by atoms with van der Waals surface area (Å²) in [7, 11) is 1.39. The Balaban J connectivity index is 2.20. The Labute approximate surface area is 81.3 Å². The highest BCUT2D eigenvalue weighted by atomic mass is 16.5. The lowest BCUT2D eigenvalue weighted by Crippen LogP contribution is -2.45. The van der Waals surface area contributed by atoms with Crippen molar-refractivity contribution in [3.63, 3.8) is 0 Å². The quantitative estimate of drug-likeness (QED) is 0.597. The fraction of sp³-hybridized carbons (Fsp3) is 0.625. The molecule has 6 nitrogen and oxygen atoms in total. The van der Waals surface area contributed by atoms with Crippen molar-refractivity contribution in [3.05, 3.63) is 11.6 Å². The van der Waals surface area contributed by atoms with E-state index in [1.54, 1.807) is 0 Å². The summed E-state index contributed by atoms with van der Waals surface area (Å²) in [6.45, 7) is 2.97. The molecule has 6 heteroatoms. The summed E-state index contributed by atoms with van der Waals surface area (Å²) in [4.78, 5) is 11.3. The first-order valence-corrected chi connectivity index (χ1v) is 4.42. The van der Waals surface area contributed by atoms with Crippen LogP contribution in [0.5, 0.6) is 0 Å². The fourth-order valence-electron chi connectivity index (χ4n) is 1.55. The van der Waals surface area contributed by atoms with E-state index in [1.165, 1.54) is 7.11 Å². The number of hydrogen-bond acceptors (Lipinski definition) is 5. The maximum Gasteiger partial charge on any atom is 0.324 e. The number of carbonyl (C=O) groups excluding carboxylic acids is 1. The monoisotopic (exact) mass is 196 g/mol. The average Bonchev–Trinajstić information content (AvgIpc) is 2.59. The zero-order valence-electron chi connectivity index (χ0n) is 8.15. The summed E-state index contributed by atoms with van der Waals surface area (Å²) in [5.74, 6) is 1.45. The highest BCUT2D eigenvalue weighted by Gasteiger charge is 2.26. The van der Waals surface area contributed by atoms with E-state index >= 15 is 0 Å².